The Morgan fingerprint density at radius 3 is 2.25 bits per heavy atom. The van der Waals surface area contributed by atoms with Gasteiger partial charge in [-0.05, 0) is 6.07 Å². The topological polar surface area (TPSA) is 64.7 Å². The summed E-state index contributed by atoms with van der Waals surface area (Å²) in [7, 11) is 0. The van der Waals surface area contributed by atoms with Crippen molar-refractivity contribution < 1.29 is 22.0 Å². The molecule has 0 aliphatic heterocycles. The molecule has 0 aliphatic rings. The van der Waals surface area contributed by atoms with Gasteiger partial charge in [0.15, 0.2) is 5.69 Å². The van der Waals surface area contributed by atoms with E-state index in [1.807, 2.05) is 0 Å². The lowest BCUT2D eigenvalue weighted by atomic mass is 10.1. The van der Waals surface area contributed by atoms with Gasteiger partial charge in [-0.2, -0.15) is 13.2 Å². The SMILES string of the molecule is Nc1ncc(-c2ccc(C(F)F)nc2)c(C(F)(F)F)n1. The fourth-order valence-corrected chi connectivity index (χ4v) is 1.52. The van der Waals surface area contributed by atoms with E-state index in [-0.39, 0.29) is 11.1 Å². The number of nitrogen functional groups attached to an aromatic ring is 1. The number of halogens is 5. The number of pyridine rings is 1. The van der Waals surface area contributed by atoms with E-state index in [0.29, 0.717) is 0 Å². The monoisotopic (exact) mass is 290 g/mol. The van der Waals surface area contributed by atoms with Crippen LogP contribution in [0, 0.1) is 0 Å². The second-order valence-corrected chi connectivity index (χ2v) is 3.76. The zero-order valence-electron chi connectivity index (χ0n) is 9.70. The van der Waals surface area contributed by atoms with Crippen molar-refractivity contribution in [2.45, 2.75) is 12.6 Å². The minimum atomic E-state index is -4.74. The van der Waals surface area contributed by atoms with Crippen LogP contribution >= 0.6 is 0 Å². The molecule has 2 heterocycles. The largest absolute Gasteiger partial charge is 0.434 e. The minimum absolute atomic E-state index is 0.0262. The molecular formula is C11H7F5N4. The molecule has 0 fully saturated rings. The molecule has 106 valence electrons. The Balaban J connectivity index is 2.52. The molecular weight excluding hydrogens is 283 g/mol. The summed E-state index contributed by atoms with van der Waals surface area (Å²) in [6, 6.07) is 2.04. The third-order valence-electron chi connectivity index (χ3n) is 2.40. The third kappa shape index (κ3) is 2.81. The molecule has 0 amide bonds. The smallest absolute Gasteiger partial charge is 0.368 e. The number of anilines is 1. The van der Waals surface area contributed by atoms with E-state index in [4.69, 9.17) is 5.73 Å². The number of hydrogen-bond acceptors (Lipinski definition) is 4. The molecule has 0 bridgehead atoms. The number of aromatic nitrogens is 3. The summed E-state index contributed by atoms with van der Waals surface area (Å²) < 4.78 is 63.2. The summed E-state index contributed by atoms with van der Waals surface area (Å²) in [4.78, 5) is 10.0. The summed E-state index contributed by atoms with van der Waals surface area (Å²) in [6.45, 7) is 0. The van der Waals surface area contributed by atoms with Gasteiger partial charge in [0.25, 0.3) is 6.43 Å². The Morgan fingerprint density at radius 2 is 1.75 bits per heavy atom. The van der Waals surface area contributed by atoms with Crippen molar-refractivity contribution in [1.82, 2.24) is 15.0 Å². The molecule has 2 rings (SSSR count). The zero-order chi connectivity index (χ0) is 14.9. The van der Waals surface area contributed by atoms with Crippen LogP contribution in [0.4, 0.5) is 27.9 Å². The number of hydrogen-bond donors (Lipinski definition) is 1. The molecule has 0 aliphatic carbocycles. The van der Waals surface area contributed by atoms with Crippen LogP contribution in [0.5, 0.6) is 0 Å². The molecule has 0 unspecified atom stereocenters. The first-order chi connectivity index (χ1) is 9.29. The molecule has 4 nitrogen and oxygen atoms in total. The van der Waals surface area contributed by atoms with Crippen LogP contribution in [-0.4, -0.2) is 15.0 Å². The Labute approximate surface area is 109 Å². The van der Waals surface area contributed by atoms with Gasteiger partial charge in [-0.25, -0.2) is 18.7 Å². The van der Waals surface area contributed by atoms with Crippen molar-refractivity contribution in [2.24, 2.45) is 0 Å². The van der Waals surface area contributed by atoms with Gasteiger partial charge in [0.2, 0.25) is 5.95 Å². The molecule has 9 heteroatoms. The van der Waals surface area contributed by atoms with Crippen LogP contribution < -0.4 is 5.73 Å². The number of nitrogens with two attached hydrogens (primary N) is 1. The normalized spacial score (nSPS) is 11.9. The van der Waals surface area contributed by atoms with E-state index in [1.165, 1.54) is 0 Å². The third-order valence-corrected chi connectivity index (χ3v) is 2.40. The van der Waals surface area contributed by atoms with Gasteiger partial charge in [-0.1, -0.05) is 6.07 Å². The van der Waals surface area contributed by atoms with Crippen molar-refractivity contribution in [3.8, 4) is 11.1 Å². The van der Waals surface area contributed by atoms with E-state index < -0.39 is 29.9 Å². The van der Waals surface area contributed by atoms with Crippen LogP contribution in [0.2, 0.25) is 0 Å². The highest BCUT2D eigenvalue weighted by Crippen LogP contribution is 2.35. The fraction of sp³-hybridized carbons (Fsp3) is 0.182. The Morgan fingerprint density at radius 1 is 1.05 bits per heavy atom. The first-order valence-corrected chi connectivity index (χ1v) is 5.23. The molecule has 0 saturated heterocycles. The average Bonchev–Trinajstić information content (AvgIpc) is 2.38. The van der Waals surface area contributed by atoms with E-state index in [9.17, 15) is 22.0 Å². The van der Waals surface area contributed by atoms with Gasteiger partial charge in [0, 0.05) is 23.5 Å². The summed E-state index contributed by atoms with van der Waals surface area (Å²) in [5, 5.41) is 0. The first-order valence-electron chi connectivity index (χ1n) is 5.23. The second kappa shape index (κ2) is 4.99. The highest BCUT2D eigenvalue weighted by atomic mass is 19.4. The molecule has 2 N–H and O–H groups in total. The van der Waals surface area contributed by atoms with Crippen molar-refractivity contribution in [2.75, 3.05) is 5.73 Å². The molecule has 0 atom stereocenters. The van der Waals surface area contributed by atoms with Crippen molar-refractivity contribution in [3.05, 3.63) is 35.9 Å². The molecule has 0 radical (unpaired) electrons. The van der Waals surface area contributed by atoms with Crippen LogP contribution in [0.3, 0.4) is 0 Å². The highest BCUT2D eigenvalue weighted by Gasteiger charge is 2.36. The zero-order valence-corrected chi connectivity index (χ0v) is 9.70. The summed E-state index contributed by atoms with van der Waals surface area (Å²) in [5.74, 6) is -0.529. The predicted molar refractivity (Wildman–Crippen MR) is 59.6 cm³/mol. The van der Waals surface area contributed by atoms with E-state index in [1.54, 1.807) is 0 Å². The molecule has 2 aromatic heterocycles. The second-order valence-electron chi connectivity index (χ2n) is 3.76. The summed E-state index contributed by atoms with van der Waals surface area (Å²) in [5.41, 5.74) is 2.96. The van der Waals surface area contributed by atoms with E-state index >= 15 is 0 Å². The Bertz CT molecular complexity index is 609. The van der Waals surface area contributed by atoms with E-state index in [0.717, 1.165) is 24.5 Å². The maximum absolute atomic E-state index is 12.8. The highest BCUT2D eigenvalue weighted by molar-refractivity contribution is 5.65. The van der Waals surface area contributed by atoms with Gasteiger partial charge in [0.1, 0.15) is 5.69 Å². The van der Waals surface area contributed by atoms with Crippen LogP contribution in [0.15, 0.2) is 24.5 Å². The quantitative estimate of drug-likeness (QED) is 0.863. The standard InChI is InChI=1S/C11H7F5N4/c12-9(13)7-2-1-5(3-18-7)6-4-19-10(17)20-8(6)11(14,15)16/h1-4,9H,(H2,17,19,20). The van der Waals surface area contributed by atoms with Crippen LogP contribution in [0.25, 0.3) is 11.1 Å². The molecule has 0 spiro atoms. The summed E-state index contributed by atoms with van der Waals surface area (Å²) >= 11 is 0. The Kier molecular flexibility index (Phi) is 3.51. The lowest BCUT2D eigenvalue weighted by Gasteiger charge is -2.11. The molecule has 0 saturated carbocycles. The van der Waals surface area contributed by atoms with Gasteiger partial charge in [-0.15, -0.1) is 0 Å². The van der Waals surface area contributed by atoms with E-state index in [2.05, 4.69) is 15.0 Å². The summed E-state index contributed by atoms with van der Waals surface area (Å²) in [6.07, 6.45) is -5.75. The molecule has 0 aromatic carbocycles. The fourth-order valence-electron chi connectivity index (χ4n) is 1.52. The van der Waals surface area contributed by atoms with Gasteiger partial charge in [-0.3, -0.25) is 4.98 Å². The maximum atomic E-state index is 12.8. The van der Waals surface area contributed by atoms with Crippen molar-refractivity contribution >= 4 is 5.95 Å². The first kappa shape index (κ1) is 14.1. The lowest BCUT2D eigenvalue weighted by Crippen LogP contribution is -2.12. The molecule has 2 aromatic rings. The predicted octanol–water partition coefficient (Wildman–Crippen LogP) is 3.08. The molecule has 20 heavy (non-hydrogen) atoms. The van der Waals surface area contributed by atoms with Crippen LogP contribution in [-0.2, 0) is 6.18 Å². The maximum Gasteiger partial charge on any atom is 0.434 e. The minimum Gasteiger partial charge on any atom is -0.368 e. The van der Waals surface area contributed by atoms with Gasteiger partial charge in [0.05, 0.1) is 0 Å². The van der Waals surface area contributed by atoms with Gasteiger partial charge >= 0.3 is 6.18 Å². The number of alkyl halides is 5. The Hall–Kier alpha value is -2.32. The van der Waals surface area contributed by atoms with Crippen molar-refractivity contribution in [3.63, 3.8) is 0 Å². The lowest BCUT2D eigenvalue weighted by molar-refractivity contribution is -0.140. The van der Waals surface area contributed by atoms with Crippen molar-refractivity contribution in [1.29, 1.82) is 0 Å². The number of rotatable bonds is 2. The van der Waals surface area contributed by atoms with Crippen LogP contribution in [0.1, 0.15) is 17.8 Å². The average molecular weight is 290 g/mol. The number of nitrogens with zero attached hydrogens (tertiary/aromatic N) is 3. The van der Waals surface area contributed by atoms with Gasteiger partial charge < -0.3 is 5.73 Å².